The van der Waals surface area contributed by atoms with Crippen molar-refractivity contribution in [3.05, 3.63) is 33.8 Å². The van der Waals surface area contributed by atoms with Gasteiger partial charge in [0.2, 0.25) is 0 Å². The molecular weight excluding hydrogens is 264 g/mol. The van der Waals surface area contributed by atoms with Crippen molar-refractivity contribution in [2.75, 3.05) is 0 Å². The van der Waals surface area contributed by atoms with Crippen LogP contribution in [-0.4, -0.2) is 0 Å². The van der Waals surface area contributed by atoms with E-state index < -0.39 is 0 Å². The summed E-state index contributed by atoms with van der Waals surface area (Å²) in [7, 11) is 0. The lowest BCUT2D eigenvalue weighted by atomic mass is 10.00. The molecule has 0 spiro atoms. The van der Waals surface area contributed by atoms with Crippen LogP contribution in [0, 0.1) is 6.92 Å². The minimum Gasteiger partial charge on any atom is -0.271 e. The Labute approximate surface area is 107 Å². The lowest BCUT2D eigenvalue weighted by molar-refractivity contribution is 0.486. The highest BCUT2D eigenvalue weighted by atomic mass is 79.9. The van der Waals surface area contributed by atoms with Gasteiger partial charge < -0.3 is 0 Å². The van der Waals surface area contributed by atoms with E-state index in [1.54, 1.807) is 0 Å². The van der Waals surface area contributed by atoms with Crippen LogP contribution in [0.25, 0.3) is 0 Å². The number of benzene rings is 1. The zero-order valence-electron chi connectivity index (χ0n) is 10.1. The van der Waals surface area contributed by atoms with Gasteiger partial charge in [-0.15, -0.1) is 0 Å². The maximum atomic E-state index is 5.61. The molecule has 1 atom stereocenters. The highest BCUT2D eigenvalue weighted by molar-refractivity contribution is 9.10. The van der Waals surface area contributed by atoms with E-state index in [2.05, 4.69) is 53.4 Å². The normalized spacial score (nSPS) is 12.8. The molecule has 3 heteroatoms. The van der Waals surface area contributed by atoms with Gasteiger partial charge in [-0.2, -0.15) is 0 Å². The van der Waals surface area contributed by atoms with E-state index in [0.29, 0.717) is 0 Å². The fraction of sp³-hybridized carbons (Fsp3) is 0.538. The van der Waals surface area contributed by atoms with E-state index in [4.69, 9.17) is 5.84 Å². The molecule has 0 saturated heterocycles. The lowest BCUT2D eigenvalue weighted by Crippen LogP contribution is -2.28. The SMILES string of the molecule is CCCCCC(NN)c1ccc(C)c(Br)c1. The Morgan fingerprint density at radius 2 is 2.12 bits per heavy atom. The number of unbranched alkanes of at least 4 members (excludes halogenated alkanes) is 2. The first-order chi connectivity index (χ1) is 7.69. The number of hydrazine groups is 1. The van der Waals surface area contributed by atoms with Gasteiger partial charge in [0, 0.05) is 10.5 Å². The maximum Gasteiger partial charge on any atom is 0.0460 e. The van der Waals surface area contributed by atoms with Crippen molar-refractivity contribution in [1.82, 2.24) is 5.43 Å². The van der Waals surface area contributed by atoms with E-state index >= 15 is 0 Å². The van der Waals surface area contributed by atoms with E-state index in [-0.39, 0.29) is 6.04 Å². The molecule has 0 saturated carbocycles. The fourth-order valence-corrected chi connectivity index (χ4v) is 2.17. The average molecular weight is 285 g/mol. The zero-order chi connectivity index (χ0) is 12.0. The van der Waals surface area contributed by atoms with Crippen LogP contribution < -0.4 is 11.3 Å². The van der Waals surface area contributed by atoms with Crippen molar-refractivity contribution in [3.8, 4) is 0 Å². The number of nitrogens with two attached hydrogens (primary N) is 1. The van der Waals surface area contributed by atoms with Crippen molar-refractivity contribution in [2.24, 2.45) is 5.84 Å². The third-order valence-corrected chi connectivity index (χ3v) is 3.75. The Bertz CT molecular complexity index is 326. The minimum absolute atomic E-state index is 0.267. The summed E-state index contributed by atoms with van der Waals surface area (Å²) in [6.45, 7) is 4.31. The fourth-order valence-electron chi connectivity index (χ4n) is 1.77. The quantitative estimate of drug-likeness (QED) is 0.473. The third kappa shape index (κ3) is 3.89. The van der Waals surface area contributed by atoms with E-state index in [1.807, 2.05) is 0 Å². The first kappa shape index (κ1) is 13.7. The van der Waals surface area contributed by atoms with Crippen LogP contribution in [-0.2, 0) is 0 Å². The van der Waals surface area contributed by atoms with Gasteiger partial charge in [-0.1, -0.05) is 54.2 Å². The summed E-state index contributed by atoms with van der Waals surface area (Å²) < 4.78 is 1.15. The molecule has 1 aromatic rings. The standard InChI is InChI=1S/C13H21BrN2/c1-3-4-5-6-13(16-15)11-8-7-10(2)12(14)9-11/h7-9,13,16H,3-6,15H2,1-2H3. The van der Waals surface area contributed by atoms with Gasteiger partial charge in [0.1, 0.15) is 0 Å². The first-order valence-electron chi connectivity index (χ1n) is 5.91. The van der Waals surface area contributed by atoms with Crippen LogP contribution >= 0.6 is 15.9 Å². The topological polar surface area (TPSA) is 38.0 Å². The van der Waals surface area contributed by atoms with Crippen LogP contribution in [0.4, 0.5) is 0 Å². The number of aryl methyl sites for hydroxylation is 1. The minimum atomic E-state index is 0.267. The molecule has 3 N–H and O–H groups in total. The van der Waals surface area contributed by atoms with Crippen LogP contribution in [0.5, 0.6) is 0 Å². The molecule has 0 aromatic heterocycles. The van der Waals surface area contributed by atoms with Gasteiger partial charge in [0.25, 0.3) is 0 Å². The Morgan fingerprint density at radius 1 is 1.38 bits per heavy atom. The van der Waals surface area contributed by atoms with Crippen LogP contribution in [0.3, 0.4) is 0 Å². The van der Waals surface area contributed by atoms with Crippen LogP contribution in [0.15, 0.2) is 22.7 Å². The second-order valence-electron chi connectivity index (χ2n) is 4.22. The Morgan fingerprint density at radius 3 is 2.69 bits per heavy atom. The Kier molecular flexibility index (Phi) is 6.03. The van der Waals surface area contributed by atoms with Gasteiger partial charge >= 0.3 is 0 Å². The summed E-state index contributed by atoms with van der Waals surface area (Å²) in [4.78, 5) is 0. The van der Waals surface area contributed by atoms with Crippen LogP contribution in [0.2, 0.25) is 0 Å². The summed E-state index contributed by atoms with van der Waals surface area (Å²) in [5.74, 6) is 5.61. The number of hydrogen-bond acceptors (Lipinski definition) is 2. The van der Waals surface area contributed by atoms with Gasteiger partial charge in [-0.25, -0.2) is 0 Å². The molecule has 90 valence electrons. The molecule has 1 rings (SSSR count). The van der Waals surface area contributed by atoms with Gasteiger partial charge in [-0.3, -0.25) is 11.3 Å². The number of nitrogens with one attached hydrogen (secondary N) is 1. The highest BCUT2D eigenvalue weighted by Gasteiger charge is 2.09. The zero-order valence-corrected chi connectivity index (χ0v) is 11.7. The number of halogens is 1. The maximum absolute atomic E-state index is 5.61. The third-order valence-electron chi connectivity index (χ3n) is 2.90. The molecule has 16 heavy (non-hydrogen) atoms. The summed E-state index contributed by atoms with van der Waals surface area (Å²) in [5, 5.41) is 0. The van der Waals surface area contributed by atoms with Crippen molar-refractivity contribution < 1.29 is 0 Å². The summed E-state index contributed by atoms with van der Waals surface area (Å²) in [5.41, 5.74) is 5.42. The molecular formula is C13H21BrN2. The largest absolute Gasteiger partial charge is 0.271 e. The van der Waals surface area contributed by atoms with E-state index in [0.717, 1.165) is 10.9 Å². The van der Waals surface area contributed by atoms with Gasteiger partial charge in [0.05, 0.1) is 0 Å². The van der Waals surface area contributed by atoms with E-state index in [9.17, 15) is 0 Å². The molecule has 0 heterocycles. The number of rotatable bonds is 6. The molecule has 1 unspecified atom stereocenters. The summed E-state index contributed by atoms with van der Waals surface area (Å²) >= 11 is 3.56. The second kappa shape index (κ2) is 7.05. The molecule has 2 nitrogen and oxygen atoms in total. The van der Waals surface area contributed by atoms with Crippen molar-refractivity contribution in [3.63, 3.8) is 0 Å². The van der Waals surface area contributed by atoms with Crippen molar-refractivity contribution in [2.45, 2.75) is 45.6 Å². The first-order valence-corrected chi connectivity index (χ1v) is 6.70. The van der Waals surface area contributed by atoms with Gasteiger partial charge in [0.15, 0.2) is 0 Å². The van der Waals surface area contributed by atoms with Gasteiger partial charge in [-0.05, 0) is 30.5 Å². The Balaban J connectivity index is 2.67. The predicted molar refractivity (Wildman–Crippen MR) is 73.1 cm³/mol. The molecule has 0 bridgehead atoms. The monoisotopic (exact) mass is 284 g/mol. The van der Waals surface area contributed by atoms with Crippen molar-refractivity contribution in [1.29, 1.82) is 0 Å². The molecule has 0 aliphatic rings. The van der Waals surface area contributed by atoms with E-state index in [1.165, 1.54) is 30.4 Å². The number of hydrogen-bond donors (Lipinski definition) is 2. The Hall–Kier alpha value is -0.380. The predicted octanol–water partition coefficient (Wildman–Crippen LogP) is 3.84. The molecule has 0 aliphatic heterocycles. The lowest BCUT2D eigenvalue weighted by Gasteiger charge is -2.17. The smallest absolute Gasteiger partial charge is 0.0460 e. The summed E-state index contributed by atoms with van der Waals surface area (Å²) in [6, 6.07) is 6.70. The van der Waals surface area contributed by atoms with Crippen LogP contribution in [0.1, 0.15) is 49.8 Å². The molecule has 0 aliphatic carbocycles. The molecule has 1 aromatic carbocycles. The van der Waals surface area contributed by atoms with Crippen molar-refractivity contribution >= 4 is 15.9 Å². The molecule has 0 fully saturated rings. The second-order valence-corrected chi connectivity index (χ2v) is 5.08. The summed E-state index contributed by atoms with van der Waals surface area (Å²) in [6.07, 6.45) is 4.83. The average Bonchev–Trinajstić information content (AvgIpc) is 2.29. The molecule has 0 radical (unpaired) electrons. The molecule has 0 amide bonds. The highest BCUT2D eigenvalue weighted by Crippen LogP contribution is 2.24.